The van der Waals surface area contributed by atoms with Gasteiger partial charge in [0.15, 0.2) is 0 Å². The van der Waals surface area contributed by atoms with Crippen LogP contribution in [0, 0.1) is 0 Å². The van der Waals surface area contributed by atoms with Crippen LogP contribution in [0.4, 0.5) is 5.69 Å². The Kier molecular flexibility index (Phi) is 4.21. The molecule has 1 aliphatic heterocycles. The predicted octanol–water partition coefficient (Wildman–Crippen LogP) is 4.24. The molecule has 5 heteroatoms. The topological polar surface area (TPSA) is 50.2 Å². The van der Waals surface area contributed by atoms with Crippen LogP contribution in [0.3, 0.4) is 0 Å². The molecule has 4 rings (SSSR count). The summed E-state index contributed by atoms with van der Waals surface area (Å²) in [7, 11) is 0. The fourth-order valence-electron chi connectivity index (χ4n) is 3.36. The summed E-state index contributed by atoms with van der Waals surface area (Å²) in [5.74, 6) is 0.0613. The minimum absolute atomic E-state index is 0.0613. The van der Waals surface area contributed by atoms with Gasteiger partial charge < -0.3 is 10.2 Å². The Morgan fingerprint density at radius 2 is 1.85 bits per heavy atom. The van der Waals surface area contributed by atoms with E-state index in [1.165, 1.54) is 0 Å². The molecule has 26 heavy (non-hydrogen) atoms. The minimum Gasteiger partial charge on any atom is -0.361 e. The highest BCUT2D eigenvalue weighted by atomic mass is 16.2. The number of aromatic nitrogens is 2. The fourth-order valence-corrected chi connectivity index (χ4v) is 3.36. The van der Waals surface area contributed by atoms with Crippen LogP contribution < -0.4 is 5.32 Å². The molecule has 1 aromatic heterocycles. The van der Waals surface area contributed by atoms with E-state index in [2.05, 4.69) is 24.3 Å². The Hall–Kier alpha value is -3.08. The Morgan fingerprint density at radius 3 is 2.62 bits per heavy atom. The summed E-state index contributed by atoms with van der Waals surface area (Å²) < 4.78 is 1.84. The summed E-state index contributed by atoms with van der Waals surface area (Å²) in [4.78, 5) is 15.1. The number of hydrogen-bond donors (Lipinski definition) is 1. The van der Waals surface area contributed by atoms with Crippen LogP contribution in [-0.4, -0.2) is 26.6 Å². The van der Waals surface area contributed by atoms with Gasteiger partial charge in [-0.3, -0.25) is 4.79 Å². The number of benzene rings is 2. The average Bonchev–Trinajstić information content (AvgIpc) is 3.18. The second-order valence-electron chi connectivity index (χ2n) is 6.62. The van der Waals surface area contributed by atoms with E-state index in [0.717, 1.165) is 28.9 Å². The van der Waals surface area contributed by atoms with Crippen LogP contribution in [0.2, 0.25) is 0 Å². The molecule has 132 valence electrons. The molecule has 0 saturated heterocycles. The summed E-state index contributed by atoms with van der Waals surface area (Å²) in [6, 6.07) is 17.8. The second kappa shape index (κ2) is 6.67. The first-order chi connectivity index (χ1) is 12.7. The van der Waals surface area contributed by atoms with Crippen molar-refractivity contribution in [3.05, 3.63) is 78.1 Å². The lowest BCUT2D eigenvalue weighted by atomic mass is 10.0. The van der Waals surface area contributed by atoms with Crippen molar-refractivity contribution in [2.45, 2.75) is 32.5 Å². The van der Waals surface area contributed by atoms with Gasteiger partial charge in [0.05, 0.1) is 17.4 Å². The molecular weight excluding hydrogens is 324 g/mol. The van der Waals surface area contributed by atoms with Gasteiger partial charge in [-0.25, -0.2) is 4.68 Å². The van der Waals surface area contributed by atoms with Crippen LogP contribution in [0.25, 0.3) is 5.69 Å². The van der Waals surface area contributed by atoms with Crippen LogP contribution in [-0.2, 0) is 0 Å². The van der Waals surface area contributed by atoms with Crippen molar-refractivity contribution in [3.8, 4) is 5.69 Å². The quantitative estimate of drug-likeness (QED) is 0.769. The fraction of sp³-hybridized carbons (Fsp3) is 0.238. The number of fused-ring (bicyclic) bond motifs is 1. The van der Waals surface area contributed by atoms with Crippen LogP contribution in [0.5, 0.6) is 0 Å². The number of nitrogens with zero attached hydrogens (tertiary/aromatic N) is 3. The van der Waals surface area contributed by atoms with Crippen LogP contribution in [0.15, 0.2) is 67.0 Å². The van der Waals surface area contributed by atoms with Gasteiger partial charge in [-0.05, 0) is 37.6 Å². The lowest BCUT2D eigenvalue weighted by Gasteiger charge is -2.41. The number of carbonyl (C=O) groups excluding carboxylic acids is 1. The van der Waals surface area contributed by atoms with Gasteiger partial charge in [0.1, 0.15) is 6.17 Å². The molecule has 2 heterocycles. The lowest BCUT2D eigenvalue weighted by Crippen LogP contribution is -2.47. The summed E-state index contributed by atoms with van der Waals surface area (Å²) >= 11 is 0. The van der Waals surface area contributed by atoms with Gasteiger partial charge in [-0.1, -0.05) is 37.3 Å². The molecule has 1 aliphatic rings. The van der Waals surface area contributed by atoms with Crippen molar-refractivity contribution < 1.29 is 4.79 Å². The molecule has 0 radical (unpaired) electrons. The zero-order valence-corrected chi connectivity index (χ0v) is 15.0. The second-order valence-corrected chi connectivity index (χ2v) is 6.62. The molecule has 5 nitrogen and oxygen atoms in total. The van der Waals surface area contributed by atoms with E-state index in [0.29, 0.717) is 0 Å². The van der Waals surface area contributed by atoms with E-state index in [-0.39, 0.29) is 18.1 Å². The van der Waals surface area contributed by atoms with Crippen LogP contribution >= 0.6 is 0 Å². The predicted molar refractivity (Wildman–Crippen MR) is 102 cm³/mol. The number of rotatable bonds is 4. The molecule has 2 aromatic carbocycles. The summed E-state index contributed by atoms with van der Waals surface area (Å²) in [5, 5.41) is 8.03. The highest BCUT2D eigenvalue weighted by Gasteiger charge is 2.35. The zero-order chi connectivity index (χ0) is 18.1. The summed E-state index contributed by atoms with van der Waals surface area (Å²) in [6.45, 7) is 4.19. The van der Waals surface area contributed by atoms with Crippen molar-refractivity contribution in [3.63, 3.8) is 0 Å². The highest BCUT2D eigenvalue weighted by molar-refractivity contribution is 6.01. The summed E-state index contributed by atoms with van der Waals surface area (Å²) in [6.07, 6.45) is 4.48. The number of amides is 1. The normalized spacial score (nSPS) is 17.5. The maximum Gasteiger partial charge on any atom is 0.258 e. The molecule has 0 saturated carbocycles. The molecule has 1 N–H and O–H groups in total. The van der Waals surface area contributed by atoms with Gasteiger partial charge in [0.2, 0.25) is 0 Å². The smallest absolute Gasteiger partial charge is 0.258 e. The number of carbonyl (C=O) groups is 1. The molecule has 0 aliphatic carbocycles. The van der Waals surface area contributed by atoms with Crippen molar-refractivity contribution in [1.82, 2.24) is 14.7 Å². The van der Waals surface area contributed by atoms with Crippen molar-refractivity contribution in [1.29, 1.82) is 0 Å². The van der Waals surface area contributed by atoms with Gasteiger partial charge in [-0.15, -0.1) is 0 Å². The molecule has 0 spiro atoms. The maximum absolute atomic E-state index is 13.1. The van der Waals surface area contributed by atoms with Crippen molar-refractivity contribution >= 4 is 11.6 Å². The molecular formula is C21H22N4O. The number of hydrogen-bond acceptors (Lipinski definition) is 3. The van der Waals surface area contributed by atoms with Gasteiger partial charge in [-0.2, -0.15) is 5.10 Å². The van der Waals surface area contributed by atoms with Crippen LogP contribution in [0.1, 0.15) is 42.4 Å². The molecule has 0 fully saturated rings. The largest absolute Gasteiger partial charge is 0.361 e. The van der Waals surface area contributed by atoms with E-state index in [4.69, 9.17) is 0 Å². The zero-order valence-electron chi connectivity index (χ0n) is 15.0. The van der Waals surface area contributed by atoms with Gasteiger partial charge >= 0.3 is 0 Å². The SMILES string of the molecule is CC[C@H](C)N1C(=O)c2ccccc2N[C@@H]1c1cnn(-c2ccccc2)c1. The summed E-state index contributed by atoms with van der Waals surface area (Å²) in [5.41, 5.74) is 3.56. The van der Waals surface area contributed by atoms with E-state index < -0.39 is 0 Å². The Balaban J connectivity index is 1.74. The molecule has 3 aromatic rings. The monoisotopic (exact) mass is 346 g/mol. The van der Waals surface area contributed by atoms with Gasteiger partial charge in [0.25, 0.3) is 5.91 Å². The molecule has 2 atom stereocenters. The first-order valence-electron chi connectivity index (χ1n) is 8.97. The number of nitrogens with one attached hydrogen (secondary N) is 1. The van der Waals surface area contributed by atoms with Gasteiger partial charge in [0, 0.05) is 23.5 Å². The molecule has 1 amide bonds. The number of para-hydroxylation sites is 2. The Morgan fingerprint density at radius 1 is 1.12 bits per heavy atom. The first-order valence-corrected chi connectivity index (χ1v) is 8.97. The molecule has 0 bridgehead atoms. The van der Waals surface area contributed by atoms with E-state index in [1.807, 2.05) is 76.6 Å². The third-order valence-electron chi connectivity index (χ3n) is 4.97. The van der Waals surface area contributed by atoms with E-state index >= 15 is 0 Å². The van der Waals surface area contributed by atoms with Crippen molar-refractivity contribution in [2.75, 3.05) is 5.32 Å². The van der Waals surface area contributed by atoms with Crippen molar-refractivity contribution in [2.24, 2.45) is 0 Å². The standard InChI is InChI=1S/C21H22N4O/c1-3-15(2)25-20(23-19-12-8-7-11-18(19)21(25)26)16-13-22-24(14-16)17-9-5-4-6-10-17/h4-15,20,23H,3H2,1-2H3/t15-,20-/m0/s1. The van der Waals surface area contributed by atoms with E-state index in [9.17, 15) is 4.79 Å². The maximum atomic E-state index is 13.1. The average molecular weight is 346 g/mol. The lowest BCUT2D eigenvalue weighted by molar-refractivity contribution is 0.0593. The first kappa shape index (κ1) is 16.4. The third kappa shape index (κ3) is 2.75. The molecule has 0 unspecified atom stereocenters. The highest BCUT2D eigenvalue weighted by Crippen LogP contribution is 2.35. The third-order valence-corrected chi connectivity index (χ3v) is 4.97. The Bertz CT molecular complexity index is 919. The minimum atomic E-state index is -0.232. The number of anilines is 1. The Labute approximate surface area is 153 Å². The van der Waals surface area contributed by atoms with E-state index in [1.54, 1.807) is 0 Å².